The minimum absolute atomic E-state index is 0.232. The van der Waals surface area contributed by atoms with Crippen LogP contribution in [0.2, 0.25) is 5.02 Å². The predicted octanol–water partition coefficient (Wildman–Crippen LogP) is 5.51. The van der Waals surface area contributed by atoms with Crippen LogP contribution in [0.3, 0.4) is 0 Å². The van der Waals surface area contributed by atoms with Crippen LogP contribution in [0, 0.1) is 6.92 Å². The van der Waals surface area contributed by atoms with Crippen LogP contribution in [0.1, 0.15) is 17.4 Å². The summed E-state index contributed by atoms with van der Waals surface area (Å²) in [5.74, 6) is -0.119. The predicted molar refractivity (Wildman–Crippen MR) is 121 cm³/mol. The van der Waals surface area contributed by atoms with E-state index in [0.29, 0.717) is 39.9 Å². The van der Waals surface area contributed by atoms with Gasteiger partial charge >= 0.3 is 0 Å². The molecule has 2 amide bonds. The Balaban J connectivity index is 1.79. The van der Waals surface area contributed by atoms with Gasteiger partial charge in [-0.05, 0) is 55.1 Å². The summed E-state index contributed by atoms with van der Waals surface area (Å²) < 4.78 is 5.55. The zero-order valence-corrected chi connectivity index (χ0v) is 18.0. The average Bonchev–Trinajstić information content (AvgIpc) is 3.32. The second-order valence-corrected chi connectivity index (χ2v) is 8.00. The van der Waals surface area contributed by atoms with Crippen molar-refractivity contribution in [2.45, 2.75) is 13.8 Å². The molecule has 1 N–H and O–H groups in total. The summed E-state index contributed by atoms with van der Waals surface area (Å²) in [6.07, 6.45) is 0. The number of benzene rings is 2. The molecule has 1 aliphatic heterocycles. The van der Waals surface area contributed by atoms with Crippen molar-refractivity contribution in [3.8, 4) is 5.75 Å². The molecule has 1 aromatic heterocycles. The Hall–Kier alpha value is -3.09. The molecule has 152 valence electrons. The number of amides is 2. The molecular weight excluding hydrogens is 420 g/mol. The van der Waals surface area contributed by atoms with E-state index in [2.05, 4.69) is 5.32 Å². The molecule has 2 aromatic carbocycles. The highest BCUT2D eigenvalue weighted by Crippen LogP contribution is 2.38. The summed E-state index contributed by atoms with van der Waals surface area (Å²) in [5, 5.41) is 5.53. The maximum Gasteiger partial charge on any atom is 0.282 e. The number of thiophene rings is 1. The standard InChI is InChI=1S/C23H19ClN2O3S/c1-3-29-16-8-4-7-15(13-16)25-21-20(19-11-6-12-30-19)22(27)26(23(21)28)18-10-5-9-17(24)14(18)2/h4-13,25H,3H2,1-2H3. The van der Waals surface area contributed by atoms with Gasteiger partial charge in [0.15, 0.2) is 0 Å². The zero-order valence-electron chi connectivity index (χ0n) is 16.4. The number of rotatable bonds is 6. The Bertz CT molecular complexity index is 1160. The molecule has 0 saturated carbocycles. The molecule has 2 heterocycles. The summed E-state index contributed by atoms with van der Waals surface area (Å²) in [7, 11) is 0. The Morgan fingerprint density at radius 2 is 1.87 bits per heavy atom. The summed E-state index contributed by atoms with van der Waals surface area (Å²) >= 11 is 7.65. The minimum Gasteiger partial charge on any atom is -0.494 e. The molecule has 0 radical (unpaired) electrons. The highest BCUT2D eigenvalue weighted by atomic mass is 35.5. The molecule has 30 heavy (non-hydrogen) atoms. The molecule has 0 unspecified atom stereocenters. The van der Waals surface area contributed by atoms with Crippen molar-refractivity contribution in [3.05, 3.63) is 81.1 Å². The van der Waals surface area contributed by atoms with Crippen LogP contribution in [0.25, 0.3) is 5.57 Å². The van der Waals surface area contributed by atoms with Crippen molar-refractivity contribution >= 4 is 51.7 Å². The van der Waals surface area contributed by atoms with Gasteiger partial charge in [0, 0.05) is 21.7 Å². The van der Waals surface area contributed by atoms with Gasteiger partial charge in [0.05, 0.1) is 17.9 Å². The number of nitrogens with one attached hydrogen (secondary N) is 1. The first-order valence-corrected chi connectivity index (χ1v) is 10.7. The van der Waals surface area contributed by atoms with E-state index < -0.39 is 5.91 Å². The van der Waals surface area contributed by atoms with E-state index in [-0.39, 0.29) is 11.6 Å². The smallest absolute Gasteiger partial charge is 0.282 e. The molecule has 0 aliphatic carbocycles. The van der Waals surface area contributed by atoms with Crippen molar-refractivity contribution in [2.24, 2.45) is 0 Å². The van der Waals surface area contributed by atoms with E-state index in [9.17, 15) is 9.59 Å². The summed E-state index contributed by atoms with van der Waals surface area (Å²) in [4.78, 5) is 28.7. The summed E-state index contributed by atoms with van der Waals surface area (Å²) in [6.45, 7) is 4.23. The van der Waals surface area contributed by atoms with Gasteiger partial charge < -0.3 is 10.1 Å². The lowest BCUT2D eigenvalue weighted by Gasteiger charge is -2.18. The lowest BCUT2D eigenvalue weighted by molar-refractivity contribution is -0.120. The van der Waals surface area contributed by atoms with Crippen molar-refractivity contribution in [1.82, 2.24) is 0 Å². The number of hydrogen-bond acceptors (Lipinski definition) is 5. The summed E-state index contributed by atoms with van der Waals surface area (Å²) in [6, 6.07) is 16.2. The number of carbonyl (C=O) groups excluding carboxylic acids is 2. The van der Waals surface area contributed by atoms with E-state index in [1.54, 1.807) is 31.2 Å². The zero-order chi connectivity index (χ0) is 21.3. The van der Waals surface area contributed by atoms with Crippen LogP contribution in [-0.2, 0) is 9.59 Å². The fraction of sp³-hybridized carbons (Fsp3) is 0.130. The first-order valence-electron chi connectivity index (χ1n) is 9.43. The third-order valence-electron chi connectivity index (χ3n) is 4.75. The molecular formula is C23H19ClN2O3S. The van der Waals surface area contributed by atoms with Gasteiger partial charge in [0.1, 0.15) is 11.4 Å². The van der Waals surface area contributed by atoms with Crippen LogP contribution in [0.15, 0.2) is 65.7 Å². The highest BCUT2D eigenvalue weighted by Gasteiger charge is 2.41. The number of carbonyl (C=O) groups is 2. The van der Waals surface area contributed by atoms with E-state index in [1.807, 2.05) is 42.6 Å². The van der Waals surface area contributed by atoms with Crippen molar-refractivity contribution in [3.63, 3.8) is 0 Å². The van der Waals surface area contributed by atoms with Gasteiger partial charge in [-0.1, -0.05) is 29.8 Å². The third kappa shape index (κ3) is 3.60. The normalized spacial score (nSPS) is 13.9. The Kier molecular flexibility index (Phi) is 5.61. The van der Waals surface area contributed by atoms with E-state index >= 15 is 0 Å². The molecule has 1 aliphatic rings. The Labute approximate surface area is 183 Å². The minimum atomic E-state index is -0.421. The number of nitrogens with zero attached hydrogens (tertiary/aromatic N) is 1. The van der Waals surface area contributed by atoms with E-state index in [4.69, 9.17) is 16.3 Å². The lowest BCUT2D eigenvalue weighted by atomic mass is 10.1. The molecule has 0 bridgehead atoms. The SMILES string of the molecule is CCOc1cccc(NC2=C(c3cccs3)C(=O)N(c3cccc(Cl)c3C)C2=O)c1. The lowest BCUT2D eigenvalue weighted by Crippen LogP contribution is -2.33. The average molecular weight is 439 g/mol. The number of imide groups is 1. The van der Waals surface area contributed by atoms with E-state index in [1.165, 1.54) is 16.2 Å². The number of anilines is 2. The Morgan fingerprint density at radius 1 is 1.07 bits per heavy atom. The molecule has 0 fully saturated rings. The van der Waals surface area contributed by atoms with Crippen LogP contribution in [0.4, 0.5) is 11.4 Å². The summed E-state index contributed by atoms with van der Waals surface area (Å²) in [5.41, 5.74) is 2.39. The van der Waals surface area contributed by atoms with Crippen LogP contribution in [-0.4, -0.2) is 18.4 Å². The van der Waals surface area contributed by atoms with E-state index in [0.717, 1.165) is 4.88 Å². The van der Waals surface area contributed by atoms with Gasteiger partial charge in [-0.15, -0.1) is 11.3 Å². The van der Waals surface area contributed by atoms with Crippen molar-refractivity contribution in [2.75, 3.05) is 16.8 Å². The molecule has 0 atom stereocenters. The Morgan fingerprint density at radius 3 is 2.60 bits per heavy atom. The molecule has 0 saturated heterocycles. The monoisotopic (exact) mass is 438 g/mol. The molecule has 5 nitrogen and oxygen atoms in total. The maximum atomic E-state index is 13.4. The van der Waals surface area contributed by atoms with Gasteiger partial charge in [0.2, 0.25) is 0 Å². The maximum absolute atomic E-state index is 13.4. The quantitative estimate of drug-likeness (QED) is 0.516. The number of hydrogen-bond donors (Lipinski definition) is 1. The number of ether oxygens (including phenoxy) is 1. The largest absolute Gasteiger partial charge is 0.494 e. The van der Waals surface area contributed by atoms with Crippen molar-refractivity contribution < 1.29 is 14.3 Å². The highest BCUT2D eigenvalue weighted by molar-refractivity contribution is 7.11. The fourth-order valence-corrected chi connectivity index (χ4v) is 4.26. The topological polar surface area (TPSA) is 58.6 Å². The van der Waals surface area contributed by atoms with Crippen LogP contribution in [0.5, 0.6) is 5.75 Å². The van der Waals surface area contributed by atoms with Crippen molar-refractivity contribution in [1.29, 1.82) is 0 Å². The third-order valence-corrected chi connectivity index (χ3v) is 6.04. The molecule has 3 aromatic rings. The molecule has 7 heteroatoms. The van der Waals surface area contributed by atoms with Gasteiger partial charge in [-0.2, -0.15) is 0 Å². The van der Waals surface area contributed by atoms with Crippen LogP contribution >= 0.6 is 22.9 Å². The number of halogens is 1. The fourth-order valence-electron chi connectivity index (χ4n) is 3.33. The van der Waals surface area contributed by atoms with Gasteiger partial charge in [-0.3, -0.25) is 9.59 Å². The van der Waals surface area contributed by atoms with Crippen LogP contribution < -0.4 is 15.0 Å². The molecule has 4 rings (SSSR count). The first kappa shape index (κ1) is 20.2. The molecule has 0 spiro atoms. The first-order chi connectivity index (χ1) is 14.5. The second-order valence-electron chi connectivity index (χ2n) is 6.64. The second kappa shape index (κ2) is 8.34. The van der Waals surface area contributed by atoms with Gasteiger partial charge in [-0.25, -0.2) is 4.90 Å². The van der Waals surface area contributed by atoms with Gasteiger partial charge in [0.25, 0.3) is 11.8 Å².